The molecule has 3 heterocycles. The molecule has 23 heavy (non-hydrogen) atoms. The molecule has 0 N–H and O–H groups in total. The molecule has 1 amide bonds. The van der Waals surface area contributed by atoms with Gasteiger partial charge >= 0.3 is 0 Å². The highest BCUT2D eigenvalue weighted by Crippen LogP contribution is 2.29. The van der Waals surface area contributed by atoms with Crippen molar-refractivity contribution in [2.45, 2.75) is 13.1 Å². The number of fused-ring (bicyclic) bond motifs is 1. The maximum absolute atomic E-state index is 13.3. The summed E-state index contributed by atoms with van der Waals surface area (Å²) in [5, 5.41) is 11.0. The molecular weight excluding hydrogens is 317 g/mol. The normalized spacial score (nSPS) is 13.9. The van der Waals surface area contributed by atoms with E-state index in [9.17, 15) is 9.18 Å². The molecule has 0 spiro atoms. The molecule has 1 aromatic carbocycles. The van der Waals surface area contributed by atoms with E-state index in [4.69, 9.17) is 0 Å². The molecule has 0 saturated carbocycles. The molecule has 0 unspecified atom stereocenters. The Hall–Kier alpha value is -2.61. The number of carbonyl (C=O) groups excluding carboxylic acids is 1. The van der Waals surface area contributed by atoms with Crippen molar-refractivity contribution < 1.29 is 9.18 Å². The minimum atomic E-state index is -0.284. The van der Waals surface area contributed by atoms with E-state index in [1.807, 2.05) is 16.0 Å². The number of carbonyl (C=O) groups is 1. The summed E-state index contributed by atoms with van der Waals surface area (Å²) in [6, 6.07) is 6.36. The van der Waals surface area contributed by atoms with E-state index in [1.54, 1.807) is 11.0 Å². The first-order chi connectivity index (χ1) is 11.2. The topological polar surface area (TPSA) is 63.9 Å². The number of nitrogens with zero attached hydrogens (tertiary/aromatic N) is 5. The smallest absolute Gasteiger partial charge is 0.210 e. The first-order valence-electron chi connectivity index (χ1n) is 7.08. The third kappa shape index (κ3) is 2.50. The van der Waals surface area contributed by atoms with Gasteiger partial charge in [0.05, 0.1) is 6.54 Å². The molecular formula is C15H12FN5OS. The summed E-state index contributed by atoms with van der Waals surface area (Å²) >= 11 is 1.44. The fourth-order valence-electron chi connectivity index (χ4n) is 2.59. The van der Waals surface area contributed by atoms with E-state index in [-0.39, 0.29) is 5.82 Å². The van der Waals surface area contributed by atoms with Crippen LogP contribution in [0.3, 0.4) is 0 Å². The number of benzene rings is 1. The van der Waals surface area contributed by atoms with Gasteiger partial charge in [-0.1, -0.05) is 12.1 Å². The third-order valence-electron chi connectivity index (χ3n) is 3.74. The summed E-state index contributed by atoms with van der Waals surface area (Å²) < 4.78 is 15.3. The first-order valence-corrected chi connectivity index (χ1v) is 7.96. The zero-order chi connectivity index (χ0) is 15.8. The van der Waals surface area contributed by atoms with Crippen molar-refractivity contribution in [3.05, 3.63) is 41.3 Å². The summed E-state index contributed by atoms with van der Waals surface area (Å²) in [6.45, 7) is 1.73. The second kappa shape index (κ2) is 5.54. The van der Waals surface area contributed by atoms with E-state index >= 15 is 0 Å². The van der Waals surface area contributed by atoms with Crippen LogP contribution in [0.25, 0.3) is 22.1 Å². The van der Waals surface area contributed by atoms with Crippen molar-refractivity contribution in [1.29, 1.82) is 0 Å². The molecule has 1 aliphatic heterocycles. The fourth-order valence-corrected chi connectivity index (χ4v) is 3.38. The van der Waals surface area contributed by atoms with Gasteiger partial charge in [-0.25, -0.2) is 9.37 Å². The van der Waals surface area contributed by atoms with Gasteiger partial charge in [0.15, 0.2) is 11.6 Å². The van der Waals surface area contributed by atoms with Crippen LogP contribution in [0, 0.1) is 5.82 Å². The number of thiazole rings is 1. The summed E-state index contributed by atoms with van der Waals surface area (Å²) in [5.41, 5.74) is 1.46. The second-order valence-electron chi connectivity index (χ2n) is 5.22. The molecule has 4 rings (SSSR count). The number of aromatic nitrogens is 4. The monoisotopic (exact) mass is 329 g/mol. The largest absolute Gasteiger partial charge is 0.336 e. The van der Waals surface area contributed by atoms with Crippen molar-refractivity contribution >= 4 is 17.7 Å². The highest BCUT2D eigenvalue weighted by Gasteiger charge is 2.22. The Bertz CT molecular complexity index is 874. The number of halogens is 1. The van der Waals surface area contributed by atoms with Crippen molar-refractivity contribution in [3.8, 4) is 22.1 Å². The molecule has 6 nitrogen and oxygen atoms in total. The van der Waals surface area contributed by atoms with Gasteiger partial charge in [0.25, 0.3) is 0 Å². The highest BCUT2D eigenvalue weighted by molar-refractivity contribution is 7.13. The van der Waals surface area contributed by atoms with Crippen molar-refractivity contribution in [3.63, 3.8) is 0 Å². The van der Waals surface area contributed by atoms with Gasteiger partial charge < -0.3 is 9.47 Å². The third-order valence-corrected chi connectivity index (χ3v) is 4.63. The Morgan fingerprint density at radius 1 is 1.26 bits per heavy atom. The van der Waals surface area contributed by atoms with Crippen LogP contribution in [0.2, 0.25) is 0 Å². The Kier molecular flexibility index (Phi) is 3.38. The van der Waals surface area contributed by atoms with Crippen molar-refractivity contribution in [1.82, 2.24) is 24.6 Å². The lowest BCUT2D eigenvalue weighted by atomic mass is 10.2. The van der Waals surface area contributed by atoms with E-state index in [0.29, 0.717) is 31.2 Å². The van der Waals surface area contributed by atoms with Gasteiger partial charge in [-0.3, -0.25) is 4.79 Å². The molecule has 0 saturated heterocycles. The average molecular weight is 329 g/mol. The lowest BCUT2D eigenvalue weighted by Gasteiger charge is -2.23. The maximum Gasteiger partial charge on any atom is 0.210 e. The van der Waals surface area contributed by atoms with Crippen LogP contribution in [0.15, 0.2) is 29.6 Å². The van der Waals surface area contributed by atoms with Gasteiger partial charge in [-0.15, -0.1) is 21.5 Å². The summed E-state index contributed by atoms with van der Waals surface area (Å²) in [4.78, 5) is 17.1. The zero-order valence-electron chi connectivity index (χ0n) is 12.0. The van der Waals surface area contributed by atoms with E-state index in [0.717, 1.165) is 22.8 Å². The number of rotatable bonds is 3. The minimum Gasteiger partial charge on any atom is -0.336 e. The molecule has 116 valence electrons. The van der Waals surface area contributed by atoms with E-state index < -0.39 is 0 Å². The summed E-state index contributed by atoms with van der Waals surface area (Å²) in [7, 11) is 0. The lowest BCUT2D eigenvalue weighted by Crippen LogP contribution is -2.32. The fraction of sp³-hybridized carbons (Fsp3) is 0.200. The Balaban J connectivity index is 1.68. The molecule has 0 bridgehead atoms. The van der Waals surface area contributed by atoms with Crippen LogP contribution in [-0.4, -0.2) is 37.6 Å². The second-order valence-corrected chi connectivity index (χ2v) is 6.07. The zero-order valence-corrected chi connectivity index (χ0v) is 12.8. The number of hydrogen-bond acceptors (Lipinski definition) is 5. The van der Waals surface area contributed by atoms with E-state index in [2.05, 4.69) is 15.2 Å². The molecule has 8 heteroatoms. The van der Waals surface area contributed by atoms with Gasteiger partial charge in [-0.2, -0.15) is 0 Å². The van der Waals surface area contributed by atoms with Crippen LogP contribution in [0.4, 0.5) is 4.39 Å². The van der Waals surface area contributed by atoms with E-state index in [1.165, 1.54) is 23.5 Å². The van der Waals surface area contributed by atoms with Gasteiger partial charge in [0.1, 0.15) is 16.5 Å². The van der Waals surface area contributed by atoms with Gasteiger partial charge in [0.2, 0.25) is 6.41 Å². The maximum atomic E-state index is 13.3. The molecule has 0 fully saturated rings. The van der Waals surface area contributed by atoms with Crippen LogP contribution >= 0.6 is 11.3 Å². The molecule has 0 aliphatic carbocycles. The Morgan fingerprint density at radius 3 is 3.00 bits per heavy atom. The van der Waals surface area contributed by atoms with Crippen molar-refractivity contribution in [2.24, 2.45) is 0 Å². The lowest BCUT2D eigenvalue weighted by molar-refractivity contribution is -0.119. The Morgan fingerprint density at radius 2 is 2.17 bits per heavy atom. The molecule has 1 aliphatic rings. The quantitative estimate of drug-likeness (QED) is 0.691. The molecule has 3 aromatic rings. The summed E-state index contributed by atoms with van der Waals surface area (Å²) in [6.07, 6.45) is 0.822. The average Bonchev–Trinajstić information content (AvgIpc) is 3.20. The first kappa shape index (κ1) is 14.0. The number of amides is 1. The predicted octanol–water partition coefficient (Wildman–Crippen LogP) is 2.18. The van der Waals surface area contributed by atoms with Gasteiger partial charge in [-0.05, 0) is 12.1 Å². The van der Waals surface area contributed by atoms with Crippen LogP contribution in [-0.2, 0) is 17.9 Å². The standard InChI is InChI=1S/C15H12FN5OS/c16-11-3-1-2-10(6-11)15-17-12(8-23-15)14-19-18-13-7-20(9-22)4-5-21(13)14/h1-3,6,8-9H,4-5,7H2. The molecule has 0 radical (unpaired) electrons. The minimum absolute atomic E-state index is 0.284. The van der Waals surface area contributed by atoms with Gasteiger partial charge in [0, 0.05) is 24.0 Å². The SMILES string of the molecule is O=CN1CCn2c(nnc2-c2csc(-c3cccc(F)c3)n2)C1. The molecule has 0 atom stereocenters. The highest BCUT2D eigenvalue weighted by atomic mass is 32.1. The Labute approximate surface area is 135 Å². The molecule has 2 aromatic heterocycles. The summed E-state index contributed by atoms with van der Waals surface area (Å²) in [5.74, 6) is 1.15. The van der Waals surface area contributed by atoms with Crippen molar-refractivity contribution in [2.75, 3.05) is 6.54 Å². The predicted molar refractivity (Wildman–Crippen MR) is 83.0 cm³/mol. The van der Waals surface area contributed by atoms with Crippen LogP contribution in [0.1, 0.15) is 5.82 Å². The van der Waals surface area contributed by atoms with Crippen LogP contribution in [0.5, 0.6) is 0 Å². The van der Waals surface area contributed by atoms with Crippen LogP contribution < -0.4 is 0 Å². The number of hydrogen-bond donors (Lipinski definition) is 0.